The molecule has 0 radical (unpaired) electrons. The normalized spacial score (nSPS) is 16.0. The van der Waals surface area contributed by atoms with Gasteiger partial charge in [-0.1, -0.05) is 164 Å². The second-order valence-corrected chi connectivity index (χ2v) is 14.8. The maximum absolute atomic E-state index is 6.84. The van der Waals surface area contributed by atoms with Gasteiger partial charge in [-0.25, -0.2) is 9.98 Å². The number of hydrogen-bond donors (Lipinski definition) is 0. The highest BCUT2D eigenvalue weighted by atomic mass is 16.3. The van der Waals surface area contributed by atoms with Crippen LogP contribution in [0.2, 0.25) is 0 Å². The van der Waals surface area contributed by atoms with E-state index in [1.165, 1.54) is 11.1 Å². The molecular formula is C54H36N2O2. The van der Waals surface area contributed by atoms with E-state index in [4.69, 9.17) is 18.8 Å². The molecule has 4 heteroatoms. The van der Waals surface area contributed by atoms with Crippen LogP contribution in [0.3, 0.4) is 0 Å². The summed E-state index contributed by atoms with van der Waals surface area (Å²) in [5.41, 5.74) is 15.0. The van der Waals surface area contributed by atoms with Crippen molar-refractivity contribution in [1.82, 2.24) is 0 Å². The largest absolute Gasteiger partial charge is 0.455 e. The lowest BCUT2D eigenvalue weighted by Gasteiger charge is -2.14. The number of nitrogens with zero attached hydrogens (tertiary/aromatic N) is 2. The van der Waals surface area contributed by atoms with Crippen molar-refractivity contribution in [2.75, 3.05) is 0 Å². The number of para-hydroxylation sites is 2. The predicted octanol–water partition coefficient (Wildman–Crippen LogP) is 14.6. The summed E-state index contributed by atoms with van der Waals surface area (Å²) in [6.07, 6.45) is 3.79. The first-order valence-electron chi connectivity index (χ1n) is 19.8. The summed E-state index contributed by atoms with van der Waals surface area (Å²) in [6.45, 7) is 0. The van der Waals surface area contributed by atoms with Gasteiger partial charge in [0.1, 0.15) is 22.3 Å². The molecule has 0 amide bonds. The minimum absolute atomic E-state index is 0.677. The van der Waals surface area contributed by atoms with E-state index < -0.39 is 0 Å². The average molecular weight is 745 g/mol. The van der Waals surface area contributed by atoms with Crippen molar-refractivity contribution < 1.29 is 8.83 Å². The Kier molecular flexibility index (Phi) is 8.25. The third kappa shape index (κ3) is 5.94. The van der Waals surface area contributed by atoms with Gasteiger partial charge in [-0.15, -0.1) is 0 Å². The Hall–Kier alpha value is -7.56. The van der Waals surface area contributed by atoms with Crippen LogP contribution in [0.15, 0.2) is 213 Å². The molecule has 4 nitrogen and oxygen atoms in total. The Balaban J connectivity index is 1.05. The van der Waals surface area contributed by atoms with E-state index in [1.807, 2.05) is 42.5 Å². The molecule has 0 bridgehead atoms. The number of rotatable bonds is 6. The van der Waals surface area contributed by atoms with Crippen molar-refractivity contribution in [3.05, 3.63) is 211 Å². The zero-order valence-corrected chi connectivity index (χ0v) is 31.6. The maximum atomic E-state index is 6.84. The van der Waals surface area contributed by atoms with E-state index in [1.54, 1.807) is 0 Å². The van der Waals surface area contributed by atoms with Crippen LogP contribution in [0.5, 0.6) is 0 Å². The van der Waals surface area contributed by atoms with Gasteiger partial charge in [-0.05, 0) is 76.6 Å². The van der Waals surface area contributed by atoms with Crippen molar-refractivity contribution >= 4 is 61.1 Å². The number of benzene rings is 8. The smallest absolute Gasteiger partial charge is 0.160 e. The first-order valence-corrected chi connectivity index (χ1v) is 19.8. The molecule has 11 rings (SSSR count). The van der Waals surface area contributed by atoms with E-state index >= 15 is 0 Å². The highest BCUT2D eigenvalue weighted by Gasteiger charge is 2.21. The van der Waals surface area contributed by atoms with Gasteiger partial charge in [-0.2, -0.15) is 0 Å². The summed E-state index contributed by atoms with van der Waals surface area (Å²) in [5.74, 6) is 0.677. The molecule has 1 aliphatic heterocycles. The molecule has 58 heavy (non-hydrogen) atoms. The Bertz CT molecular complexity index is 3240. The van der Waals surface area contributed by atoms with Crippen molar-refractivity contribution in [3.8, 4) is 33.4 Å². The van der Waals surface area contributed by atoms with Crippen molar-refractivity contribution in [1.29, 1.82) is 0 Å². The van der Waals surface area contributed by atoms with Gasteiger partial charge in [0, 0.05) is 38.2 Å². The van der Waals surface area contributed by atoms with Gasteiger partial charge in [0.2, 0.25) is 0 Å². The van der Waals surface area contributed by atoms with Crippen LogP contribution >= 0.6 is 0 Å². The monoisotopic (exact) mass is 744 g/mol. The topological polar surface area (TPSA) is 51.0 Å². The summed E-state index contributed by atoms with van der Waals surface area (Å²) in [6, 6.07) is 65.5. The molecule has 274 valence electrons. The molecule has 2 aromatic heterocycles. The van der Waals surface area contributed by atoms with Crippen LogP contribution in [0.1, 0.15) is 29.5 Å². The molecule has 0 spiro atoms. The van der Waals surface area contributed by atoms with E-state index in [0.717, 1.165) is 107 Å². The van der Waals surface area contributed by atoms with Crippen LogP contribution in [-0.4, -0.2) is 11.5 Å². The quantitative estimate of drug-likeness (QED) is 0.170. The molecule has 0 saturated carbocycles. The molecule has 0 saturated heterocycles. The fourth-order valence-electron chi connectivity index (χ4n) is 8.40. The Labute approximate surface area is 335 Å². The number of allylic oxidation sites excluding steroid dienone is 1. The summed E-state index contributed by atoms with van der Waals surface area (Å²) < 4.78 is 13.4. The molecular weight excluding hydrogens is 709 g/mol. The molecule has 8 aromatic carbocycles. The molecule has 0 aliphatic carbocycles. The van der Waals surface area contributed by atoms with Crippen LogP contribution in [0.4, 0.5) is 0 Å². The average Bonchev–Trinajstić information content (AvgIpc) is 3.86. The molecule has 3 heterocycles. The number of amidine groups is 1. The lowest BCUT2D eigenvalue weighted by Crippen LogP contribution is -2.09. The summed E-state index contributed by atoms with van der Waals surface area (Å²) in [4.78, 5) is 10.6. The number of furan rings is 2. The van der Waals surface area contributed by atoms with Crippen molar-refractivity contribution in [3.63, 3.8) is 0 Å². The Morgan fingerprint density at radius 2 is 0.966 bits per heavy atom. The summed E-state index contributed by atoms with van der Waals surface area (Å²) in [5, 5.41) is 4.31. The lowest BCUT2D eigenvalue weighted by molar-refractivity contribution is 0.667. The SMILES string of the molecule is C1=C(c2cccc3c2oc2cccc(-c4cc(-c5ccccc5)c5oc6ccccc6c5c4)c23)/N=C(c2ccccc2)\N=C(\c2ccc(-c3ccccc3)cc2)CC\1. The third-order valence-corrected chi connectivity index (χ3v) is 11.2. The van der Waals surface area contributed by atoms with Gasteiger partial charge in [0.05, 0.1) is 11.4 Å². The van der Waals surface area contributed by atoms with Crippen LogP contribution < -0.4 is 0 Å². The van der Waals surface area contributed by atoms with Gasteiger partial charge >= 0.3 is 0 Å². The van der Waals surface area contributed by atoms with Gasteiger partial charge < -0.3 is 8.83 Å². The van der Waals surface area contributed by atoms with E-state index in [0.29, 0.717) is 5.84 Å². The lowest BCUT2D eigenvalue weighted by atomic mass is 9.93. The fraction of sp³-hybridized carbons (Fsp3) is 0.0370. The molecule has 0 N–H and O–H groups in total. The predicted molar refractivity (Wildman–Crippen MR) is 240 cm³/mol. The highest BCUT2D eigenvalue weighted by Crippen LogP contribution is 2.44. The molecule has 0 atom stereocenters. The minimum Gasteiger partial charge on any atom is -0.455 e. The van der Waals surface area contributed by atoms with Crippen molar-refractivity contribution in [2.24, 2.45) is 9.98 Å². The number of fused-ring (bicyclic) bond motifs is 6. The third-order valence-electron chi connectivity index (χ3n) is 11.2. The number of hydrogen-bond acceptors (Lipinski definition) is 4. The molecule has 0 fully saturated rings. The van der Waals surface area contributed by atoms with Gasteiger partial charge in [0.25, 0.3) is 0 Å². The highest BCUT2D eigenvalue weighted by molar-refractivity contribution is 6.18. The van der Waals surface area contributed by atoms with Gasteiger partial charge in [0.15, 0.2) is 5.84 Å². The fourth-order valence-corrected chi connectivity index (χ4v) is 8.40. The molecule has 1 aliphatic rings. The van der Waals surface area contributed by atoms with E-state index in [9.17, 15) is 0 Å². The zero-order chi connectivity index (χ0) is 38.4. The van der Waals surface area contributed by atoms with Crippen LogP contribution in [0, 0.1) is 0 Å². The Morgan fingerprint density at radius 3 is 1.76 bits per heavy atom. The van der Waals surface area contributed by atoms with Crippen LogP contribution in [0.25, 0.3) is 83.0 Å². The Morgan fingerprint density at radius 1 is 0.379 bits per heavy atom. The zero-order valence-electron chi connectivity index (χ0n) is 31.6. The van der Waals surface area contributed by atoms with Crippen LogP contribution in [-0.2, 0) is 0 Å². The van der Waals surface area contributed by atoms with E-state index in [-0.39, 0.29) is 0 Å². The van der Waals surface area contributed by atoms with E-state index in [2.05, 4.69) is 152 Å². The summed E-state index contributed by atoms with van der Waals surface area (Å²) in [7, 11) is 0. The van der Waals surface area contributed by atoms with Crippen molar-refractivity contribution in [2.45, 2.75) is 12.8 Å². The first-order chi connectivity index (χ1) is 28.7. The van der Waals surface area contributed by atoms with Gasteiger partial charge in [-0.3, -0.25) is 0 Å². The minimum atomic E-state index is 0.677. The second kappa shape index (κ2) is 14.2. The maximum Gasteiger partial charge on any atom is 0.160 e. The molecule has 0 unspecified atom stereocenters. The molecule has 10 aromatic rings. The first kappa shape index (κ1) is 33.8. The summed E-state index contributed by atoms with van der Waals surface area (Å²) >= 11 is 0. The standard InChI is InChI=1S/C54H36N2O2/c1-4-15-35(16-5-1)36-29-31-38(32-30-36)47-25-14-26-48(56-54(55-47)39-19-8-3-9-20-39)43-23-12-24-44-51-41(22-13-28-50(51)58-52(43)44)40-33-45(37-17-6-2-7-18-37)53-46(34-40)42-21-10-11-27-49(42)57-53/h1-13,15-24,26-34H,14,25H2/b48-26-,55-47+,56-54-. The second-order valence-electron chi connectivity index (χ2n) is 14.8. The number of aliphatic imine (C=N–C) groups is 2.